The number of fused-ring (bicyclic) bond motifs is 3. The molecule has 0 unspecified atom stereocenters. The predicted octanol–water partition coefficient (Wildman–Crippen LogP) is 3.97. The highest BCUT2D eigenvalue weighted by Crippen LogP contribution is 2.41. The second kappa shape index (κ2) is 6.46. The number of hydrogen-bond donors (Lipinski definition) is 1. The van der Waals surface area contributed by atoms with Gasteiger partial charge in [0.05, 0.1) is 15.2 Å². The van der Waals surface area contributed by atoms with E-state index in [9.17, 15) is 0 Å². The summed E-state index contributed by atoms with van der Waals surface area (Å²) in [6, 6.07) is 9.90. The third kappa shape index (κ3) is 2.61. The summed E-state index contributed by atoms with van der Waals surface area (Å²) in [4.78, 5) is 16.3. The van der Waals surface area contributed by atoms with E-state index in [2.05, 4.69) is 21.3 Å². The molecule has 0 saturated carbocycles. The number of piperazine rings is 1. The number of anilines is 1. The van der Waals surface area contributed by atoms with Crippen molar-refractivity contribution in [1.82, 2.24) is 20.3 Å². The average molecular weight is 382 g/mol. The van der Waals surface area contributed by atoms with E-state index in [1.807, 2.05) is 24.3 Å². The largest absolute Gasteiger partial charge is 0.353 e. The molecular formula is C19H16ClN5S. The van der Waals surface area contributed by atoms with Crippen LogP contribution < -0.4 is 10.2 Å². The third-order valence-electron chi connectivity index (χ3n) is 4.63. The Morgan fingerprint density at radius 1 is 1.04 bits per heavy atom. The molecule has 5 nitrogen and oxygen atoms in total. The molecule has 7 heteroatoms. The molecule has 0 spiro atoms. The topological polar surface area (TPSA) is 53.9 Å². The van der Waals surface area contributed by atoms with Gasteiger partial charge in [-0.15, -0.1) is 11.3 Å². The van der Waals surface area contributed by atoms with Gasteiger partial charge in [0.1, 0.15) is 0 Å². The summed E-state index contributed by atoms with van der Waals surface area (Å²) in [5, 5.41) is 5.16. The summed E-state index contributed by atoms with van der Waals surface area (Å²) in [6.45, 7) is 3.79. The Kier molecular flexibility index (Phi) is 3.96. The molecule has 0 radical (unpaired) electrons. The van der Waals surface area contributed by atoms with Gasteiger partial charge in [-0.05, 0) is 24.3 Å². The molecule has 1 fully saturated rings. The summed E-state index contributed by atoms with van der Waals surface area (Å²) in [5.74, 6) is 1.72. The minimum Gasteiger partial charge on any atom is -0.353 e. The lowest BCUT2D eigenvalue weighted by atomic mass is 10.2. The molecule has 0 amide bonds. The predicted molar refractivity (Wildman–Crippen MR) is 108 cm³/mol. The zero-order valence-corrected chi connectivity index (χ0v) is 15.5. The van der Waals surface area contributed by atoms with Crippen LogP contribution in [-0.4, -0.2) is 41.1 Å². The average Bonchev–Trinajstić information content (AvgIpc) is 3.08. The first-order valence-electron chi connectivity index (χ1n) is 8.56. The summed E-state index contributed by atoms with van der Waals surface area (Å²) in [7, 11) is 0. The molecule has 3 aromatic heterocycles. The van der Waals surface area contributed by atoms with Gasteiger partial charge in [0.15, 0.2) is 11.6 Å². The molecule has 5 rings (SSSR count). The lowest BCUT2D eigenvalue weighted by Gasteiger charge is -2.28. The lowest BCUT2D eigenvalue weighted by Crippen LogP contribution is -2.44. The van der Waals surface area contributed by atoms with E-state index in [4.69, 9.17) is 21.6 Å². The van der Waals surface area contributed by atoms with Gasteiger partial charge in [-0.2, -0.15) is 0 Å². The Morgan fingerprint density at radius 2 is 1.85 bits per heavy atom. The number of aromatic nitrogens is 3. The summed E-state index contributed by atoms with van der Waals surface area (Å²) in [5.41, 5.74) is 1.90. The van der Waals surface area contributed by atoms with Gasteiger partial charge in [0.25, 0.3) is 0 Å². The zero-order chi connectivity index (χ0) is 17.5. The van der Waals surface area contributed by atoms with E-state index < -0.39 is 0 Å². The van der Waals surface area contributed by atoms with Crippen molar-refractivity contribution in [1.29, 1.82) is 0 Å². The van der Waals surface area contributed by atoms with Crippen molar-refractivity contribution in [2.75, 3.05) is 31.1 Å². The van der Waals surface area contributed by atoms with E-state index >= 15 is 0 Å². The molecule has 1 aromatic carbocycles. The minimum absolute atomic E-state index is 0.716. The van der Waals surface area contributed by atoms with Crippen molar-refractivity contribution in [2.45, 2.75) is 0 Å². The molecule has 0 atom stereocenters. The van der Waals surface area contributed by atoms with Gasteiger partial charge in [-0.25, -0.2) is 9.97 Å². The normalized spacial score (nSPS) is 15.0. The maximum absolute atomic E-state index is 6.53. The molecule has 4 aromatic rings. The first-order valence-corrected chi connectivity index (χ1v) is 9.75. The van der Waals surface area contributed by atoms with Gasteiger partial charge < -0.3 is 10.2 Å². The molecule has 1 aliphatic heterocycles. The lowest BCUT2D eigenvalue weighted by molar-refractivity contribution is 0.586. The van der Waals surface area contributed by atoms with Crippen LogP contribution in [0.15, 0.2) is 42.7 Å². The van der Waals surface area contributed by atoms with Crippen molar-refractivity contribution < 1.29 is 0 Å². The minimum atomic E-state index is 0.716. The van der Waals surface area contributed by atoms with E-state index in [1.165, 1.54) is 0 Å². The highest BCUT2D eigenvalue weighted by molar-refractivity contribution is 7.26. The van der Waals surface area contributed by atoms with Crippen molar-refractivity contribution in [3.8, 4) is 11.4 Å². The molecule has 0 aliphatic carbocycles. The molecule has 1 saturated heterocycles. The SMILES string of the molecule is Clc1cccc2sc3c(N4CCNCC4)nc(-c4ccncc4)nc3c12. The molecule has 4 heterocycles. The van der Waals surface area contributed by atoms with E-state index in [0.29, 0.717) is 5.82 Å². The van der Waals surface area contributed by atoms with Crippen LogP contribution in [0.2, 0.25) is 5.02 Å². The van der Waals surface area contributed by atoms with Crippen LogP contribution in [0.3, 0.4) is 0 Å². The van der Waals surface area contributed by atoms with E-state index in [1.54, 1.807) is 23.7 Å². The number of rotatable bonds is 2. The molecule has 130 valence electrons. The monoisotopic (exact) mass is 381 g/mol. The summed E-state index contributed by atoms with van der Waals surface area (Å²) < 4.78 is 2.25. The fourth-order valence-corrected chi connectivity index (χ4v) is 4.86. The molecule has 0 bridgehead atoms. The van der Waals surface area contributed by atoms with Gasteiger partial charge in [0.2, 0.25) is 0 Å². The van der Waals surface area contributed by atoms with Crippen molar-refractivity contribution in [3.63, 3.8) is 0 Å². The van der Waals surface area contributed by atoms with Crippen molar-refractivity contribution >= 4 is 49.1 Å². The van der Waals surface area contributed by atoms with Crippen LogP contribution in [0, 0.1) is 0 Å². The number of halogens is 1. The maximum Gasteiger partial charge on any atom is 0.162 e. The third-order valence-corrected chi connectivity index (χ3v) is 6.08. The fourth-order valence-electron chi connectivity index (χ4n) is 3.35. The zero-order valence-electron chi connectivity index (χ0n) is 13.9. The fraction of sp³-hybridized carbons (Fsp3) is 0.211. The van der Waals surface area contributed by atoms with Crippen molar-refractivity contribution in [2.24, 2.45) is 0 Å². The molecular weight excluding hydrogens is 366 g/mol. The number of pyridine rings is 1. The highest BCUT2D eigenvalue weighted by Gasteiger charge is 2.21. The number of benzene rings is 1. The number of nitrogens with one attached hydrogen (secondary N) is 1. The Balaban J connectivity index is 1.83. The second-order valence-electron chi connectivity index (χ2n) is 6.24. The number of nitrogens with zero attached hydrogens (tertiary/aromatic N) is 4. The van der Waals surface area contributed by atoms with E-state index in [0.717, 1.165) is 62.9 Å². The summed E-state index contributed by atoms with van der Waals surface area (Å²) >= 11 is 8.24. The van der Waals surface area contributed by atoms with Crippen LogP contribution in [-0.2, 0) is 0 Å². The number of hydrogen-bond acceptors (Lipinski definition) is 6. The quantitative estimate of drug-likeness (QED) is 0.569. The van der Waals surface area contributed by atoms with Gasteiger partial charge in [0, 0.05) is 54.2 Å². The van der Waals surface area contributed by atoms with E-state index in [-0.39, 0.29) is 0 Å². The van der Waals surface area contributed by atoms with Crippen LogP contribution in [0.25, 0.3) is 31.7 Å². The maximum atomic E-state index is 6.53. The molecule has 1 aliphatic rings. The second-order valence-corrected chi connectivity index (χ2v) is 7.70. The van der Waals surface area contributed by atoms with Gasteiger partial charge in [-0.3, -0.25) is 4.98 Å². The van der Waals surface area contributed by atoms with Crippen LogP contribution in [0.4, 0.5) is 5.82 Å². The summed E-state index contributed by atoms with van der Waals surface area (Å²) in [6.07, 6.45) is 3.54. The van der Waals surface area contributed by atoms with Crippen LogP contribution >= 0.6 is 22.9 Å². The smallest absolute Gasteiger partial charge is 0.162 e. The van der Waals surface area contributed by atoms with Gasteiger partial charge in [-0.1, -0.05) is 17.7 Å². The molecule has 1 N–H and O–H groups in total. The van der Waals surface area contributed by atoms with Crippen LogP contribution in [0.5, 0.6) is 0 Å². The molecule has 26 heavy (non-hydrogen) atoms. The number of thiophene rings is 1. The Hall–Kier alpha value is -2.28. The Labute approximate surface area is 159 Å². The Morgan fingerprint density at radius 3 is 2.65 bits per heavy atom. The van der Waals surface area contributed by atoms with Crippen molar-refractivity contribution in [3.05, 3.63) is 47.7 Å². The first-order chi connectivity index (χ1) is 12.8. The Bertz CT molecular complexity index is 1090. The van der Waals surface area contributed by atoms with Gasteiger partial charge >= 0.3 is 0 Å². The standard InChI is InChI=1S/C19H16ClN5S/c20-13-2-1-3-14-15(13)16-17(26-14)19(25-10-8-22-9-11-25)24-18(23-16)12-4-6-21-7-5-12/h1-7,22H,8-11H2. The first kappa shape index (κ1) is 15.9. The highest BCUT2D eigenvalue weighted by atomic mass is 35.5. The van der Waals surface area contributed by atoms with Crippen LogP contribution in [0.1, 0.15) is 0 Å².